The average Bonchev–Trinajstić information content (AvgIpc) is 3.52. The number of benzene rings is 1. The Morgan fingerprint density at radius 2 is 2.14 bits per heavy atom. The molecule has 10 heteroatoms. The Kier molecular flexibility index (Phi) is 4.73. The van der Waals surface area contributed by atoms with Gasteiger partial charge in [0, 0.05) is 24.4 Å². The SMILES string of the molecule is C[C@@H](Oc1ccc2ncc3c(c2c1)CCOC3)c1cn(C23CC(C)(C2)OC3C(=O)N2CC(F)C2)nn1. The summed E-state index contributed by atoms with van der Waals surface area (Å²) in [7, 11) is 0. The highest BCUT2D eigenvalue weighted by Gasteiger charge is 2.70. The number of fused-ring (bicyclic) bond motifs is 4. The van der Waals surface area contributed by atoms with Gasteiger partial charge in [-0.1, -0.05) is 5.21 Å². The van der Waals surface area contributed by atoms with E-state index in [0.717, 1.165) is 28.6 Å². The molecule has 8 rings (SSSR count). The number of aromatic nitrogens is 4. The molecule has 0 N–H and O–H groups in total. The molecule has 2 bridgehead atoms. The number of hydrogen-bond acceptors (Lipinski definition) is 7. The van der Waals surface area contributed by atoms with E-state index in [9.17, 15) is 9.18 Å². The molecule has 1 aromatic carbocycles. The highest BCUT2D eigenvalue weighted by atomic mass is 19.1. The molecule has 0 radical (unpaired) electrons. The van der Waals surface area contributed by atoms with Crippen molar-refractivity contribution in [3.8, 4) is 5.75 Å². The Balaban J connectivity index is 1.12. The fourth-order valence-electron chi connectivity index (χ4n) is 6.30. The zero-order valence-corrected chi connectivity index (χ0v) is 20.3. The molecule has 4 fully saturated rings. The summed E-state index contributed by atoms with van der Waals surface area (Å²) in [5.74, 6) is 0.571. The van der Waals surface area contributed by atoms with Gasteiger partial charge >= 0.3 is 0 Å². The van der Waals surface area contributed by atoms with Crippen LogP contribution in [-0.2, 0) is 32.8 Å². The van der Waals surface area contributed by atoms with Crippen molar-refractivity contribution >= 4 is 16.8 Å². The van der Waals surface area contributed by atoms with Crippen LogP contribution in [0.25, 0.3) is 10.9 Å². The molecule has 1 aliphatic carbocycles. The molecule has 1 amide bonds. The lowest BCUT2D eigenvalue weighted by atomic mass is 9.66. The standard InChI is InChI=1S/C26H28FN5O4/c1-15(35-18-3-4-21-20(7-18)19-5-6-34-12-16(19)8-28-21)22-11-32(30-29-22)26-13-25(2,14-26)36-23(26)24(33)31-9-17(27)10-31/h3-4,7-8,11,15,17,23H,5-6,9-10,12-14H2,1-2H3/t15-,23?,25?,26?/m1/s1. The van der Waals surface area contributed by atoms with Crippen LogP contribution in [0.3, 0.4) is 0 Å². The maximum absolute atomic E-state index is 13.4. The normalized spacial score (nSPS) is 30.0. The van der Waals surface area contributed by atoms with Crippen molar-refractivity contribution < 1.29 is 23.4 Å². The third kappa shape index (κ3) is 3.27. The van der Waals surface area contributed by atoms with Crippen molar-refractivity contribution in [2.75, 3.05) is 19.7 Å². The maximum Gasteiger partial charge on any atom is 0.254 e. The van der Waals surface area contributed by atoms with E-state index in [2.05, 4.69) is 15.3 Å². The highest BCUT2D eigenvalue weighted by molar-refractivity contribution is 5.85. The molecule has 6 heterocycles. The van der Waals surface area contributed by atoms with Gasteiger partial charge in [-0.25, -0.2) is 9.07 Å². The number of rotatable bonds is 5. The van der Waals surface area contributed by atoms with Crippen LogP contribution in [0.5, 0.6) is 5.75 Å². The lowest BCUT2D eigenvalue weighted by Gasteiger charge is -2.44. The van der Waals surface area contributed by atoms with Gasteiger partial charge in [0.25, 0.3) is 5.91 Å². The Morgan fingerprint density at radius 3 is 2.94 bits per heavy atom. The van der Waals surface area contributed by atoms with Crippen molar-refractivity contribution in [1.29, 1.82) is 0 Å². The molecule has 188 valence electrons. The third-order valence-electron chi connectivity index (χ3n) is 8.11. The molecule has 2 atom stereocenters. The minimum Gasteiger partial charge on any atom is -0.484 e. The van der Waals surface area contributed by atoms with E-state index in [1.54, 1.807) is 4.68 Å². The highest BCUT2D eigenvalue weighted by Crippen LogP contribution is 2.60. The summed E-state index contributed by atoms with van der Waals surface area (Å²) >= 11 is 0. The third-order valence-corrected chi connectivity index (χ3v) is 8.11. The number of ether oxygens (including phenoxy) is 3. The van der Waals surface area contributed by atoms with E-state index in [1.165, 1.54) is 10.5 Å². The molecule has 4 aliphatic heterocycles. The summed E-state index contributed by atoms with van der Waals surface area (Å²) < 4.78 is 33.1. The second-order valence-corrected chi connectivity index (χ2v) is 10.8. The van der Waals surface area contributed by atoms with E-state index < -0.39 is 17.8 Å². The Morgan fingerprint density at radius 1 is 1.31 bits per heavy atom. The lowest BCUT2D eigenvalue weighted by molar-refractivity contribution is -0.151. The van der Waals surface area contributed by atoms with Gasteiger partial charge in [0.1, 0.15) is 29.3 Å². The first-order valence-corrected chi connectivity index (χ1v) is 12.5. The first kappa shape index (κ1) is 22.1. The number of carbonyl (C=O) groups is 1. The summed E-state index contributed by atoms with van der Waals surface area (Å²) in [5, 5.41) is 9.87. The van der Waals surface area contributed by atoms with Crippen molar-refractivity contribution in [3.05, 3.63) is 47.4 Å². The molecule has 0 spiro atoms. The fraction of sp³-hybridized carbons (Fsp3) is 0.538. The van der Waals surface area contributed by atoms with Gasteiger partial charge in [0.15, 0.2) is 6.10 Å². The van der Waals surface area contributed by atoms with Crippen LogP contribution in [0.15, 0.2) is 30.6 Å². The lowest BCUT2D eigenvalue weighted by Crippen LogP contribution is -2.60. The Hall–Kier alpha value is -3.11. The monoisotopic (exact) mass is 493 g/mol. The van der Waals surface area contributed by atoms with Crippen LogP contribution in [0, 0.1) is 0 Å². The average molecular weight is 494 g/mol. The van der Waals surface area contributed by atoms with Gasteiger partial charge in [-0.05, 0) is 49.6 Å². The largest absolute Gasteiger partial charge is 0.484 e. The summed E-state index contributed by atoms with van der Waals surface area (Å²) in [6, 6.07) is 5.93. The molecular formula is C26H28FN5O4. The molecule has 2 aromatic heterocycles. The number of nitrogens with zero attached hydrogens (tertiary/aromatic N) is 5. The number of hydrogen-bond donors (Lipinski definition) is 0. The molecule has 9 nitrogen and oxygen atoms in total. The minimum atomic E-state index is -0.947. The van der Waals surface area contributed by atoms with E-state index >= 15 is 0 Å². The smallest absolute Gasteiger partial charge is 0.254 e. The van der Waals surface area contributed by atoms with Crippen LogP contribution in [0.4, 0.5) is 4.39 Å². The van der Waals surface area contributed by atoms with Gasteiger partial charge in [-0.15, -0.1) is 5.10 Å². The summed E-state index contributed by atoms with van der Waals surface area (Å²) in [6.45, 7) is 5.51. The van der Waals surface area contributed by atoms with Gasteiger partial charge in [0.05, 0.1) is 43.6 Å². The predicted molar refractivity (Wildman–Crippen MR) is 126 cm³/mol. The van der Waals surface area contributed by atoms with Crippen molar-refractivity contribution in [2.24, 2.45) is 0 Å². The Labute approximate surface area is 207 Å². The van der Waals surface area contributed by atoms with Gasteiger partial charge in [-0.2, -0.15) is 0 Å². The predicted octanol–water partition coefficient (Wildman–Crippen LogP) is 2.87. The van der Waals surface area contributed by atoms with Crippen LogP contribution >= 0.6 is 0 Å². The van der Waals surface area contributed by atoms with E-state index in [-0.39, 0.29) is 30.7 Å². The number of halogens is 1. The summed E-state index contributed by atoms with van der Waals surface area (Å²) in [5.41, 5.74) is 3.04. The van der Waals surface area contributed by atoms with Crippen LogP contribution in [0.2, 0.25) is 0 Å². The van der Waals surface area contributed by atoms with Crippen LogP contribution in [0.1, 0.15) is 49.6 Å². The minimum absolute atomic E-state index is 0.135. The fourth-order valence-corrected chi connectivity index (χ4v) is 6.30. The van der Waals surface area contributed by atoms with E-state index in [1.807, 2.05) is 44.4 Å². The second kappa shape index (κ2) is 7.69. The first-order chi connectivity index (χ1) is 17.3. The zero-order chi connectivity index (χ0) is 24.7. The maximum atomic E-state index is 13.4. The van der Waals surface area contributed by atoms with Gasteiger partial charge in [0.2, 0.25) is 0 Å². The summed E-state index contributed by atoms with van der Waals surface area (Å²) in [4.78, 5) is 19.2. The number of likely N-dealkylation sites (tertiary alicyclic amines) is 1. The van der Waals surface area contributed by atoms with Crippen molar-refractivity contribution in [3.63, 3.8) is 0 Å². The molecule has 3 aromatic rings. The first-order valence-electron chi connectivity index (χ1n) is 12.5. The number of amides is 1. The number of pyridine rings is 1. The summed E-state index contributed by atoms with van der Waals surface area (Å²) in [6.07, 6.45) is 3.98. The number of carbonyl (C=O) groups excluding carboxylic acids is 1. The van der Waals surface area contributed by atoms with E-state index in [0.29, 0.717) is 31.7 Å². The van der Waals surface area contributed by atoms with Crippen LogP contribution < -0.4 is 4.74 Å². The van der Waals surface area contributed by atoms with Gasteiger partial charge in [-0.3, -0.25) is 9.78 Å². The second-order valence-electron chi connectivity index (χ2n) is 10.8. The quantitative estimate of drug-likeness (QED) is 0.540. The molecule has 1 unspecified atom stereocenters. The van der Waals surface area contributed by atoms with E-state index in [4.69, 9.17) is 14.2 Å². The van der Waals surface area contributed by atoms with Crippen LogP contribution in [-0.4, -0.2) is 68.4 Å². The molecule has 3 saturated heterocycles. The van der Waals surface area contributed by atoms with Crippen molar-refractivity contribution in [2.45, 2.75) is 69.2 Å². The molecular weight excluding hydrogens is 465 g/mol. The van der Waals surface area contributed by atoms with Gasteiger partial charge < -0.3 is 19.1 Å². The molecule has 1 saturated carbocycles. The van der Waals surface area contributed by atoms with Crippen molar-refractivity contribution in [1.82, 2.24) is 24.9 Å². The topological polar surface area (TPSA) is 91.6 Å². The Bertz CT molecular complexity index is 1360. The molecule has 36 heavy (non-hydrogen) atoms. The number of alkyl halides is 1. The molecule has 5 aliphatic rings. The zero-order valence-electron chi connectivity index (χ0n) is 20.3.